The summed E-state index contributed by atoms with van der Waals surface area (Å²) in [7, 11) is 0. The summed E-state index contributed by atoms with van der Waals surface area (Å²) in [5.74, 6) is -0.0223. The molecule has 1 aromatic rings. The number of hydrogen-bond acceptors (Lipinski definition) is 3. The van der Waals surface area contributed by atoms with E-state index in [1.165, 1.54) is 19.3 Å². The first-order valence-corrected chi connectivity index (χ1v) is 8.47. The number of carbonyl (C=O) groups excluding carboxylic acids is 1. The number of nitrogens with one attached hydrogen (secondary N) is 2. The fourth-order valence-electron chi connectivity index (χ4n) is 2.35. The molecule has 2 rings (SSSR count). The van der Waals surface area contributed by atoms with Crippen LogP contribution in [0.15, 0.2) is 18.2 Å². The fourth-order valence-corrected chi connectivity index (χ4v) is 3.47. The normalized spacial score (nSPS) is 16.6. The molecular weight excluding hydrogens is 292 g/mol. The van der Waals surface area contributed by atoms with E-state index in [4.69, 9.17) is 11.6 Å². The van der Waals surface area contributed by atoms with Gasteiger partial charge >= 0.3 is 0 Å². The standard InChI is InChI=1S/C15H21ClN2OS/c1-11-4-5-12(16)8-13(11)18-14(19)9-17-10-15(20-2)6-3-7-15/h4-5,8,17H,3,6-7,9-10H2,1-2H3,(H,18,19). The highest BCUT2D eigenvalue weighted by Crippen LogP contribution is 2.42. The summed E-state index contributed by atoms with van der Waals surface area (Å²) in [6.45, 7) is 3.20. The Bertz CT molecular complexity index is 483. The van der Waals surface area contributed by atoms with E-state index in [1.807, 2.05) is 30.8 Å². The van der Waals surface area contributed by atoms with Crippen molar-refractivity contribution in [2.45, 2.75) is 30.9 Å². The van der Waals surface area contributed by atoms with Crippen LogP contribution in [0.25, 0.3) is 0 Å². The zero-order valence-electron chi connectivity index (χ0n) is 12.0. The molecule has 0 unspecified atom stereocenters. The van der Waals surface area contributed by atoms with Crippen molar-refractivity contribution in [3.63, 3.8) is 0 Å². The first kappa shape index (κ1) is 15.7. The highest BCUT2D eigenvalue weighted by molar-refractivity contribution is 8.00. The van der Waals surface area contributed by atoms with Crippen molar-refractivity contribution in [1.29, 1.82) is 0 Å². The number of rotatable bonds is 6. The van der Waals surface area contributed by atoms with Gasteiger partial charge in [-0.05, 0) is 43.7 Å². The molecule has 1 aromatic carbocycles. The van der Waals surface area contributed by atoms with Gasteiger partial charge in [0.2, 0.25) is 5.91 Å². The maximum absolute atomic E-state index is 11.9. The molecule has 1 saturated carbocycles. The number of amides is 1. The topological polar surface area (TPSA) is 41.1 Å². The van der Waals surface area contributed by atoms with E-state index < -0.39 is 0 Å². The van der Waals surface area contributed by atoms with Crippen molar-refractivity contribution in [1.82, 2.24) is 5.32 Å². The van der Waals surface area contributed by atoms with Gasteiger partial charge in [-0.1, -0.05) is 24.1 Å². The van der Waals surface area contributed by atoms with Gasteiger partial charge in [-0.25, -0.2) is 0 Å². The molecule has 0 aliphatic heterocycles. The van der Waals surface area contributed by atoms with Crippen molar-refractivity contribution < 1.29 is 4.79 Å². The fraction of sp³-hybridized carbons (Fsp3) is 0.533. The Morgan fingerprint density at radius 1 is 1.45 bits per heavy atom. The molecule has 1 aliphatic carbocycles. The molecule has 1 amide bonds. The Labute approximate surface area is 129 Å². The van der Waals surface area contributed by atoms with Crippen LogP contribution in [0.5, 0.6) is 0 Å². The minimum absolute atomic E-state index is 0.0223. The molecule has 2 N–H and O–H groups in total. The molecular formula is C15H21ClN2OS. The van der Waals surface area contributed by atoms with Crippen LogP contribution < -0.4 is 10.6 Å². The van der Waals surface area contributed by atoms with Gasteiger partial charge in [-0.15, -0.1) is 0 Å². The Kier molecular flexibility index (Phi) is 5.35. The van der Waals surface area contributed by atoms with Gasteiger partial charge in [0.05, 0.1) is 6.54 Å². The maximum atomic E-state index is 11.9. The molecule has 0 aromatic heterocycles. The summed E-state index contributed by atoms with van der Waals surface area (Å²) in [5, 5.41) is 6.80. The Morgan fingerprint density at radius 2 is 2.20 bits per heavy atom. The molecule has 0 heterocycles. The monoisotopic (exact) mass is 312 g/mol. The van der Waals surface area contributed by atoms with Crippen LogP contribution >= 0.6 is 23.4 Å². The molecule has 1 fully saturated rings. The summed E-state index contributed by atoms with van der Waals surface area (Å²) >= 11 is 7.85. The summed E-state index contributed by atoms with van der Waals surface area (Å²) in [5.41, 5.74) is 1.80. The van der Waals surface area contributed by atoms with Gasteiger partial charge < -0.3 is 10.6 Å². The molecule has 0 bridgehead atoms. The molecule has 3 nitrogen and oxygen atoms in total. The van der Waals surface area contributed by atoms with Crippen molar-refractivity contribution in [3.8, 4) is 0 Å². The van der Waals surface area contributed by atoms with Crippen LogP contribution in [0.2, 0.25) is 5.02 Å². The lowest BCUT2D eigenvalue weighted by atomic mass is 9.84. The highest BCUT2D eigenvalue weighted by atomic mass is 35.5. The number of benzene rings is 1. The van der Waals surface area contributed by atoms with Gasteiger partial charge in [0.15, 0.2) is 0 Å². The maximum Gasteiger partial charge on any atom is 0.238 e. The second-order valence-electron chi connectivity index (χ2n) is 5.35. The third kappa shape index (κ3) is 3.90. The van der Waals surface area contributed by atoms with E-state index in [0.29, 0.717) is 16.3 Å². The Balaban J connectivity index is 1.79. The second-order valence-corrected chi connectivity index (χ2v) is 7.06. The molecule has 20 heavy (non-hydrogen) atoms. The summed E-state index contributed by atoms with van der Waals surface area (Å²) < 4.78 is 0.353. The minimum Gasteiger partial charge on any atom is -0.325 e. The summed E-state index contributed by atoms with van der Waals surface area (Å²) in [6.07, 6.45) is 5.94. The first-order chi connectivity index (χ1) is 9.54. The largest absolute Gasteiger partial charge is 0.325 e. The number of hydrogen-bond donors (Lipinski definition) is 2. The average molecular weight is 313 g/mol. The van der Waals surface area contributed by atoms with Gasteiger partial charge in [0.1, 0.15) is 0 Å². The quantitative estimate of drug-likeness (QED) is 0.845. The van der Waals surface area contributed by atoms with Crippen molar-refractivity contribution >= 4 is 35.0 Å². The molecule has 0 spiro atoms. The Hall–Kier alpha value is -0.710. The van der Waals surface area contributed by atoms with Gasteiger partial charge in [-0.2, -0.15) is 11.8 Å². The smallest absolute Gasteiger partial charge is 0.238 e. The lowest BCUT2D eigenvalue weighted by Gasteiger charge is -2.40. The molecule has 0 saturated heterocycles. The van der Waals surface area contributed by atoms with E-state index >= 15 is 0 Å². The van der Waals surface area contributed by atoms with Crippen LogP contribution in [0, 0.1) is 6.92 Å². The highest BCUT2D eigenvalue weighted by Gasteiger charge is 2.35. The van der Waals surface area contributed by atoms with E-state index in [1.54, 1.807) is 6.07 Å². The SMILES string of the molecule is CSC1(CNCC(=O)Nc2cc(Cl)ccc2C)CCC1. The zero-order valence-corrected chi connectivity index (χ0v) is 13.5. The van der Waals surface area contributed by atoms with Crippen molar-refractivity contribution in [2.75, 3.05) is 24.7 Å². The number of halogens is 1. The van der Waals surface area contributed by atoms with E-state index in [2.05, 4.69) is 16.9 Å². The van der Waals surface area contributed by atoms with Crippen LogP contribution in [0.1, 0.15) is 24.8 Å². The third-order valence-electron chi connectivity index (χ3n) is 3.90. The number of thioether (sulfide) groups is 1. The zero-order chi connectivity index (χ0) is 14.6. The summed E-state index contributed by atoms with van der Waals surface area (Å²) in [6, 6.07) is 5.51. The average Bonchev–Trinajstić information content (AvgIpc) is 2.37. The van der Waals surface area contributed by atoms with Crippen LogP contribution in [-0.4, -0.2) is 30.0 Å². The number of anilines is 1. The first-order valence-electron chi connectivity index (χ1n) is 6.86. The predicted octanol–water partition coefficient (Wildman–Crippen LogP) is 3.46. The van der Waals surface area contributed by atoms with Crippen molar-refractivity contribution in [3.05, 3.63) is 28.8 Å². The molecule has 5 heteroatoms. The Morgan fingerprint density at radius 3 is 2.80 bits per heavy atom. The van der Waals surface area contributed by atoms with Crippen molar-refractivity contribution in [2.24, 2.45) is 0 Å². The van der Waals surface area contributed by atoms with E-state index in [9.17, 15) is 4.79 Å². The van der Waals surface area contributed by atoms with Gasteiger partial charge in [0.25, 0.3) is 0 Å². The second kappa shape index (κ2) is 6.83. The van der Waals surface area contributed by atoms with Crippen LogP contribution in [0.4, 0.5) is 5.69 Å². The minimum atomic E-state index is -0.0223. The predicted molar refractivity (Wildman–Crippen MR) is 87.8 cm³/mol. The molecule has 1 aliphatic rings. The third-order valence-corrected chi connectivity index (χ3v) is 5.56. The molecule has 110 valence electrons. The summed E-state index contributed by atoms with van der Waals surface area (Å²) in [4.78, 5) is 11.9. The van der Waals surface area contributed by atoms with Gasteiger partial charge in [-0.3, -0.25) is 4.79 Å². The number of carbonyl (C=O) groups is 1. The van der Waals surface area contributed by atoms with E-state index in [-0.39, 0.29) is 5.91 Å². The van der Waals surface area contributed by atoms with Crippen LogP contribution in [-0.2, 0) is 4.79 Å². The molecule has 0 atom stereocenters. The lowest BCUT2D eigenvalue weighted by Crippen LogP contribution is -2.45. The molecule has 0 radical (unpaired) electrons. The van der Waals surface area contributed by atoms with Gasteiger partial charge in [0, 0.05) is 22.0 Å². The van der Waals surface area contributed by atoms with E-state index in [0.717, 1.165) is 17.8 Å². The lowest BCUT2D eigenvalue weighted by molar-refractivity contribution is -0.115. The van der Waals surface area contributed by atoms with Crippen LogP contribution in [0.3, 0.4) is 0 Å². The number of aryl methyl sites for hydroxylation is 1.